The van der Waals surface area contributed by atoms with Gasteiger partial charge < -0.3 is 5.11 Å². The lowest BCUT2D eigenvalue weighted by Gasteiger charge is -2.18. The van der Waals surface area contributed by atoms with Gasteiger partial charge in [-0.1, -0.05) is 32.4 Å². The Morgan fingerprint density at radius 2 is 1.89 bits per heavy atom. The number of rotatable bonds is 7. The van der Waals surface area contributed by atoms with Crippen molar-refractivity contribution in [2.75, 3.05) is 7.11 Å². The van der Waals surface area contributed by atoms with Crippen LogP contribution in [0.2, 0.25) is 0 Å². The molecule has 0 radical (unpaired) electrons. The molecule has 1 saturated carbocycles. The van der Waals surface area contributed by atoms with Gasteiger partial charge in [-0.3, -0.25) is 19.1 Å². The second-order valence-electron chi connectivity index (χ2n) is 6.40. The molecule has 0 spiro atoms. The first-order valence-electron chi connectivity index (χ1n) is 8.73. The molecule has 0 aromatic heterocycles. The van der Waals surface area contributed by atoms with Crippen LogP contribution in [0.1, 0.15) is 45.6 Å². The second-order valence-corrected chi connectivity index (χ2v) is 7.80. The molecule has 2 rings (SSSR count). The Bertz CT molecular complexity index is 660. The van der Waals surface area contributed by atoms with Crippen molar-refractivity contribution in [3.8, 4) is 0 Å². The van der Waals surface area contributed by atoms with E-state index in [1.54, 1.807) is 0 Å². The maximum atomic E-state index is 12.9. The van der Waals surface area contributed by atoms with Gasteiger partial charge in [-0.15, -0.1) is 0 Å². The Morgan fingerprint density at radius 3 is 2.37 bits per heavy atom. The van der Waals surface area contributed by atoms with Crippen molar-refractivity contribution >= 4 is 23.8 Å². The molecule has 1 aromatic carbocycles. The molecule has 0 aliphatic heterocycles. The maximum Gasteiger partial charge on any atom is 0.296 e. The first kappa shape index (κ1) is 23.0. The third kappa shape index (κ3) is 8.45. The minimum absolute atomic E-state index is 0.0150. The summed E-state index contributed by atoms with van der Waals surface area (Å²) in [4.78, 5) is 28.8. The number of aliphatic hydroxyl groups is 1. The average molecular weight is 399 g/mol. The van der Waals surface area contributed by atoms with Crippen LogP contribution >= 0.6 is 11.9 Å². The number of nitrogens with zero attached hydrogens (tertiary/aromatic N) is 1. The Hall–Kier alpha value is -2.06. The van der Waals surface area contributed by atoms with Crippen LogP contribution in [-0.4, -0.2) is 33.8 Å². The standard InChI is InChI=1S/C16H19FN2O4S.C3H8/c1-16(7-8-16)24-18-15(22)13(20)9-14(21)19(23-2)10-11-3-5-12(17)6-4-11;1-3-2/h3-6,9,20H,7-8,10H2,1-2H3,(H,18,22);3H2,1-2H3/b13-9-;. The molecule has 0 bridgehead atoms. The van der Waals surface area contributed by atoms with Crippen molar-refractivity contribution in [2.45, 2.75) is 51.3 Å². The van der Waals surface area contributed by atoms with E-state index in [0.29, 0.717) is 5.56 Å². The summed E-state index contributed by atoms with van der Waals surface area (Å²) in [6.45, 7) is 6.30. The van der Waals surface area contributed by atoms with E-state index < -0.39 is 17.6 Å². The Balaban J connectivity index is 0.00000114. The number of aliphatic hydroxyl groups excluding tert-OH is 1. The Kier molecular flexibility index (Phi) is 9.31. The molecule has 2 amide bonds. The number of hydrogen-bond donors (Lipinski definition) is 2. The first-order chi connectivity index (χ1) is 12.7. The maximum absolute atomic E-state index is 12.9. The van der Waals surface area contributed by atoms with Crippen molar-refractivity contribution in [3.63, 3.8) is 0 Å². The monoisotopic (exact) mass is 398 g/mol. The minimum Gasteiger partial charge on any atom is -0.503 e. The molecular weight excluding hydrogens is 371 g/mol. The summed E-state index contributed by atoms with van der Waals surface area (Å²) < 4.78 is 15.4. The number of nitrogens with one attached hydrogen (secondary N) is 1. The van der Waals surface area contributed by atoms with Gasteiger partial charge in [0, 0.05) is 4.75 Å². The third-order valence-electron chi connectivity index (χ3n) is 3.54. The highest BCUT2D eigenvalue weighted by Crippen LogP contribution is 2.46. The lowest BCUT2D eigenvalue weighted by molar-refractivity contribution is -0.173. The highest BCUT2D eigenvalue weighted by molar-refractivity contribution is 7.99. The highest BCUT2D eigenvalue weighted by Gasteiger charge is 2.39. The van der Waals surface area contributed by atoms with E-state index in [4.69, 9.17) is 4.84 Å². The summed E-state index contributed by atoms with van der Waals surface area (Å²) >= 11 is 1.23. The van der Waals surface area contributed by atoms with Crippen molar-refractivity contribution < 1.29 is 23.9 Å². The SMILES string of the molecule is CCC.CON(Cc1ccc(F)cc1)C(=O)/C=C(\O)C(=O)NSC1(C)CC1. The fraction of sp³-hybridized carbons (Fsp3) is 0.474. The van der Waals surface area contributed by atoms with Crippen LogP contribution in [0.25, 0.3) is 0 Å². The predicted octanol–water partition coefficient (Wildman–Crippen LogP) is 3.89. The zero-order chi connectivity index (χ0) is 20.4. The summed E-state index contributed by atoms with van der Waals surface area (Å²) in [5.74, 6) is -2.51. The molecule has 27 heavy (non-hydrogen) atoms. The Labute approximate surface area is 163 Å². The highest BCUT2D eigenvalue weighted by atomic mass is 32.2. The minimum atomic E-state index is -0.737. The van der Waals surface area contributed by atoms with E-state index in [0.717, 1.165) is 24.0 Å². The van der Waals surface area contributed by atoms with E-state index in [9.17, 15) is 19.1 Å². The van der Waals surface area contributed by atoms with Crippen LogP contribution in [0.4, 0.5) is 4.39 Å². The smallest absolute Gasteiger partial charge is 0.296 e. The quantitative estimate of drug-likeness (QED) is 0.315. The van der Waals surface area contributed by atoms with Crippen LogP contribution in [0.5, 0.6) is 0 Å². The van der Waals surface area contributed by atoms with Crippen LogP contribution in [0.15, 0.2) is 36.1 Å². The zero-order valence-electron chi connectivity index (χ0n) is 16.1. The summed E-state index contributed by atoms with van der Waals surface area (Å²) in [7, 11) is 1.29. The molecule has 6 nitrogen and oxygen atoms in total. The number of amides is 2. The van der Waals surface area contributed by atoms with Gasteiger partial charge in [-0.2, -0.15) is 0 Å². The van der Waals surface area contributed by atoms with E-state index in [2.05, 4.69) is 18.6 Å². The molecule has 1 aliphatic rings. The molecule has 0 unspecified atom stereocenters. The van der Waals surface area contributed by atoms with Crippen molar-refractivity contribution in [1.29, 1.82) is 0 Å². The fourth-order valence-corrected chi connectivity index (χ4v) is 2.49. The van der Waals surface area contributed by atoms with Gasteiger partial charge in [0.25, 0.3) is 11.8 Å². The van der Waals surface area contributed by atoms with Gasteiger partial charge in [0.05, 0.1) is 19.7 Å². The van der Waals surface area contributed by atoms with Crippen molar-refractivity contribution in [2.24, 2.45) is 0 Å². The molecule has 0 atom stereocenters. The first-order valence-corrected chi connectivity index (χ1v) is 9.55. The number of hydroxylamine groups is 2. The molecule has 1 aliphatic carbocycles. The van der Waals surface area contributed by atoms with Gasteiger partial charge in [0.2, 0.25) is 0 Å². The molecular formula is C19H27FN2O4S. The molecule has 1 fully saturated rings. The number of hydrogen-bond acceptors (Lipinski definition) is 5. The van der Waals surface area contributed by atoms with Crippen LogP contribution in [0.3, 0.4) is 0 Å². The van der Waals surface area contributed by atoms with Gasteiger partial charge in [0.1, 0.15) is 5.82 Å². The number of benzene rings is 1. The normalized spacial score (nSPS) is 14.6. The van der Waals surface area contributed by atoms with E-state index in [1.165, 1.54) is 49.7 Å². The fourth-order valence-electron chi connectivity index (χ4n) is 1.74. The summed E-state index contributed by atoms with van der Waals surface area (Å²) in [6.07, 6.45) is 4.03. The largest absolute Gasteiger partial charge is 0.503 e. The van der Waals surface area contributed by atoms with Gasteiger partial charge in [0.15, 0.2) is 5.76 Å². The van der Waals surface area contributed by atoms with Crippen LogP contribution < -0.4 is 4.72 Å². The number of halogens is 1. The summed E-state index contributed by atoms with van der Waals surface area (Å²) in [6, 6.07) is 5.56. The lowest BCUT2D eigenvalue weighted by Crippen LogP contribution is -2.29. The van der Waals surface area contributed by atoms with Gasteiger partial charge in [-0.05, 0) is 49.4 Å². The molecule has 0 saturated heterocycles. The van der Waals surface area contributed by atoms with Crippen molar-refractivity contribution in [3.05, 3.63) is 47.5 Å². The third-order valence-corrected chi connectivity index (χ3v) is 4.73. The molecule has 150 valence electrons. The van der Waals surface area contributed by atoms with E-state index in [1.807, 2.05) is 6.92 Å². The van der Waals surface area contributed by atoms with Crippen molar-refractivity contribution in [1.82, 2.24) is 9.79 Å². The Morgan fingerprint density at radius 1 is 1.33 bits per heavy atom. The molecule has 1 aromatic rings. The van der Waals surface area contributed by atoms with Crippen LogP contribution in [0, 0.1) is 5.82 Å². The van der Waals surface area contributed by atoms with E-state index in [-0.39, 0.29) is 17.1 Å². The summed E-state index contributed by atoms with van der Waals surface area (Å²) in [5.41, 5.74) is 0.640. The van der Waals surface area contributed by atoms with Gasteiger partial charge >= 0.3 is 0 Å². The molecule has 2 N–H and O–H groups in total. The molecule has 0 heterocycles. The topological polar surface area (TPSA) is 78.9 Å². The summed E-state index contributed by atoms with van der Waals surface area (Å²) in [5, 5.41) is 10.7. The zero-order valence-corrected chi connectivity index (χ0v) is 16.9. The predicted molar refractivity (Wildman–Crippen MR) is 104 cm³/mol. The van der Waals surface area contributed by atoms with E-state index >= 15 is 0 Å². The second kappa shape index (κ2) is 10.9. The number of carbonyl (C=O) groups excluding carboxylic acids is 2. The van der Waals surface area contributed by atoms with Gasteiger partial charge in [-0.25, -0.2) is 9.45 Å². The molecule has 8 heteroatoms. The lowest BCUT2D eigenvalue weighted by atomic mass is 10.2. The number of carbonyl (C=O) groups is 2. The van der Waals surface area contributed by atoms with Crippen LogP contribution in [-0.2, 0) is 21.0 Å². The average Bonchev–Trinajstić information content (AvgIpc) is 3.37.